The molecule has 98 valence electrons. The quantitative estimate of drug-likeness (QED) is 0.437. The van der Waals surface area contributed by atoms with Crippen LogP contribution in [0.3, 0.4) is 0 Å². The van der Waals surface area contributed by atoms with Gasteiger partial charge in [-0.2, -0.15) is 0 Å². The number of rotatable bonds is 4. The normalized spacial score (nSPS) is 27.2. The van der Waals surface area contributed by atoms with E-state index in [1.54, 1.807) is 0 Å². The van der Waals surface area contributed by atoms with E-state index < -0.39 is 9.04 Å². The van der Waals surface area contributed by atoms with E-state index in [0.29, 0.717) is 5.92 Å². The van der Waals surface area contributed by atoms with Crippen molar-refractivity contribution in [2.24, 2.45) is 17.3 Å². The van der Waals surface area contributed by atoms with Crippen molar-refractivity contribution in [1.29, 1.82) is 0 Å². The average molecular weight is 254 g/mol. The molecule has 0 aromatic carbocycles. The fourth-order valence-corrected chi connectivity index (χ4v) is 3.80. The molecule has 2 nitrogen and oxygen atoms in total. The van der Waals surface area contributed by atoms with Gasteiger partial charge in [0.25, 0.3) is 0 Å². The number of hydrogen-bond acceptors (Lipinski definition) is 2. The van der Waals surface area contributed by atoms with Gasteiger partial charge in [-0.1, -0.05) is 32.9 Å². The highest BCUT2D eigenvalue weighted by molar-refractivity contribution is 6.48. The molecule has 0 aliphatic heterocycles. The molecule has 1 aliphatic carbocycles. The van der Waals surface area contributed by atoms with Crippen molar-refractivity contribution in [3.63, 3.8) is 0 Å². The van der Waals surface area contributed by atoms with Crippen molar-refractivity contribution in [2.75, 3.05) is 0 Å². The Morgan fingerprint density at radius 1 is 1.29 bits per heavy atom. The van der Waals surface area contributed by atoms with Crippen molar-refractivity contribution < 1.29 is 9.22 Å². The summed E-state index contributed by atoms with van der Waals surface area (Å²) in [4.78, 5) is 11.2. The van der Waals surface area contributed by atoms with E-state index in [4.69, 9.17) is 4.43 Å². The van der Waals surface area contributed by atoms with E-state index in [1.165, 1.54) is 0 Å². The minimum absolute atomic E-state index is 0.106. The van der Waals surface area contributed by atoms with Gasteiger partial charge in [0.2, 0.25) is 0 Å². The maximum atomic E-state index is 11.2. The molecule has 0 saturated carbocycles. The van der Waals surface area contributed by atoms with Crippen molar-refractivity contribution in [3.05, 3.63) is 12.2 Å². The first-order valence-corrected chi connectivity index (χ1v) is 9.40. The average Bonchev–Trinajstić information content (AvgIpc) is 2.24. The zero-order valence-corrected chi connectivity index (χ0v) is 12.9. The standard InChI is InChI=1S/C14H26O2Si/c1-14(2,3)13(16-17(4)5)12-9-7-6-8-11(12)10-15/h6-7,10-13,17H,8-9H2,1-5H3/t11-,12+,13?/m0/s1. The van der Waals surface area contributed by atoms with Crippen LogP contribution in [0.4, 0.5) is 0 Å². The van der Waals surface area contributed by atoms with Gasteiger partial charge in [0, 0.05) is 5.92 Å². The van der Waals surface area contributed by atoms with Crippen LogP contribution in [0.2, 0.25) is 13.1 Å². The first kappa shape index (κ1) is 14.6. The summed E-state index contributed by atoms with van der Waals surface area (Å²) in [6.45, 7) is 11.1. The lowest BCUT2D eigenvalue weighted by Crippen LogP contribution is -2.43. The van der Waals surface area contributed by atoms with Crippen LogP contribution in [0.25, 0.3) is 0 Å². The summed E-state index contributed by atoms with van der Waals surface area (Å²) in [5.41, 5.74) is 0.106. The summed E-state index contributed by atoms with van der Waals surface area (Å²) in [5.74, 6) is 0.490. The van der Waals surface area contributed by atoms with Crippen LogP contribution in [0.15, 0.2) is 12.2 Å². The third-order valence-corrected chi connectivity index (χ3v) is 4.21. The van der Waals surface area contributed by atoms with Crippen LogP contribution in [-0.2, 0) is 9.22 Å². The van der Waals surface area contributed by atoms with Crippen molar-refractivity contribution >= 4 is 15.3 Å². The second-order valence-electron chi connectivity index (χ2n) is 6.38. The highest BCUT2D eigenvalue weighted by Gasteiger charge is 2.37. The molecule has 0 heterocycles. The smallest absolute Gasteiger partial charge is 0.171 e. The van der Waals surface area contributed by atoms with E-state index in [0.717, 1.165) is 19.1 Å². The van der Waals surface area contributed by atoms with E-state index >= 15 is 0 Å². The molecule has 0 spiro atoms. The van der Waals surface area contributed by atoms with Gasteiger partial charge in [0.15, 0.2) is 9.04 Å². The minimum Gasteiger partial charge on any atom is -0.417 e. The van der Waals surface area contributed by atoms with Gasteiger partial charge < -0.3 is 9.22 Å². The Labute approximate surface area is 107 Å². The summed E-state index contributed by atoms with van der Waals surface area (Å²) >= 11 is 0. The Morgan fingerprint density at radius 3 is 2.35 bits per heavy atom. The third-order valence-electron chi connectivity index (χ3n) is 3.37. The summed E-state index contributed by atoms with van der Waals surface area (Å²) in [6, 6.07) is 0. The summed E-state index contributed by atoms with van der Waals surface area (Å²) in [5, 5.41) is 0. The summed E-state index contributed by atoms with van der Waals surface area (Å²) < 4.78 is 6.23. The Hall–Kier alpha value is -0.413. The van der Waals surface area contributed by atoms with E-state index in [9.17, 15) is 4.79 Å². The van der Waals surface area contributed by atoms with Crippen molar-refractivity contribution in [3.8, 4) is 0 Å². The van der Waals surface area contributed by atoms with E-state index in [-0.39, 0.29) is 17.4 Å². The molecule has 17 heavy (non-hydrogen) atoms. The lowest BCUT2D eigenvalue weighted by Gasteiger charge is -2.41. The predicted octanol–water partition coefficient (Wildman–Crippen LogP) is 3.18. The molecule has 0 bridgehead atoms. The molecule has 0 saturated heterocycles. The van der Waals surface area contributed by atoms with Crippen LogP contribution in [0.5, 0.6) is 0 Å². The zero-order valence-electron chi connectivity index (χ0n) is 11.8. The molecule has 0 fully saturated rings. The second kappa shape index (κ2) is 5.96. The van der Waals surface area contributed by atoms with Crippen LogP contribution in [0.1, 0.15) is 33.6 Å². The van der Waals surface area contributed by atoms with Gasteiger partial charge in [-0.3, -0.25) is 0 Å². The SMILES string of the molecule is C[SiH](C)OC([C@@H]1CC=CC[C@H]1C=O)C(C)(C)C. The van der Waals surface area contributed by atoms with Crippen LogP contribution >= 0.6 is 0 Å². The highest BCUT2D eigenvalue weighted by atomic mass is 28.3. The lowest BCUT2D eigenvalue weighted by atomic mass is 9.72. The largest absolute Gasteiger partial charge is 0.417 e. The Kier molecular flexibility index (Phi) is 5.14. The first-order chi connectivity index (χ1) is 7.86. The number of aldehydes is 1. The molecule has 1 aliphatic rings. The molecular formula is C14H26O2Si. The fraction of sp³-hybridized carbons (Fsp3) is 0.786. The van der Waals surface area contributed by atoms with Gasteiger partial charge in [-0.05, 0) is 37.3 Å². The number of carbonyl (C=O) groups is 1. The molecule has 0 aromatic rings. The Balaban J connectivity index is 2.88. The Bertz CT molecular complexity index is 278. The van der Waals surface area contributed by atoms with Gasteiger partial charge >= 0.3 is 0 Å². The fourth-order valence-electron chi connectivity index (χ4n) is 2.60. The van der Waals surface area contributed by atoms with Gasteiger partial charge in [-0.25, -0.2) is 0 Å². The van der Waals surface area contributed by atoms with Crippen LogP contribution in [0, 0.1) is 17.3 Å². The lowest BCUT2D eigenvalue weighted by molar-refractivity contribution is -0.115. The Morgan fingerprint density at radius 2 is 1.88 bits per heavy atom. The highest BCUT2D eigenvalue weighted by Crippen LogP contribution is 2.37. The molecule has 0 radical (unpaired) electrons. The molecule has 1 rings (SSSR count). The maximum Gasteiger partial charge on any atom is 0.171 e. The number of carbonyl (C=O) groups excluding carboxylic acids is 1. The van der Waals surface area contributed by atoms with E-state index in [1.807, 2.05) is 0 Å². The van der Waals surface area contributed by atoms with Gasteiger partial charge in [0.05, 0.1) is 6.10 Å². The summed E-state index contributed by atoms with van der Waals surface area (Å²) in [6.07, 6.45) is 7.51. The molecular weight excluding hydrogens is 228 g/mol. The molecule has 3 atom stereocenters. The number of allylic oxidation sites excluding steroid dienone is 2. The molecule has 0 N–H and O–H groups in total. The second-order valence-corrected chi connectivity index (χ2v) is 8.75. The minimum atomic E-state index is -1.08. The molecule has 3 heteroatoms. The predicted molar refractivity (Wildman–Crippen MR) is 74.6 cm³/mol. The van der Waals surface area contributed by atoms with Crippen LogP contribution < -0.4 is 0 Å². The van der Waals surface area contributed by atoms with E-state index in [2.05, 4.69) is 46.0 Å². The third kappa shape index (κ3) is 4.07. The van der Waals surface area contributed by atoms with Crippen LogP contribution in [-0.4, -0.2) is 21.4 Å². The monoisotopic (exact) mass is 254 g/mol. The first-order valence-electron chi connectivity index (χ1n) is 6.62. The summed E-state index contributed by atoms with van der Waals surface area (Å²) in [7, 11) is -1.08. The topological polar surface area (TPSA) is 26.3 Å². The van der Waals surface area contributed by atoms with Crippen molar-refractivity contribution in [1.82, 2.24) is 0 Å². The molecule has 0 aromatic heterocycles. The zero-order chi connectivity index (χ0) is 13.1. The molecule has 1 unspecified atom stereocenters. The maximum absolute atomic E-state index is 11.2. The van der Waals surface area contributed by atoms with Gasteiger partial charge in [0.1, 0.15) is 6.29 Å². The van der Waals surface area contributed by atoms with Gasteiger partial charge in [-0.15, -0.1) is 0 Å². The molecule has 0 amide bonds. The number of hydrogen-bond donors (Lipinski definition) is 0. The van der Waals surface area contributed by atoms with Crippen molar-refractivity contribution in [2.45, 2.75) is 52.8 Å².